The summed E-state index contributed by atoms with van der Waals surface area (Å²) in [5.41, 5.74) is 5.43. The Hall–Kier alpha value is -1.36. The lowest BCUT2D eigenvalue weighted by Crippen LogP contribution is -2.15. The Morgan fingerprint density at radius 3 is 2.44 bits per heavy atom. The molecule has 0 aliphatic heterocycles. The maximum Gasteiger partial charge on any atom is 0.131 e. The molecule has 4 N–H and O–H groups in total. The largest absolute Gasteiger partial charge is 0.370 e. The van der Waals surface area contributed by atoms with Crippen LogP contribution in [0.1, 0.15) is 19.7 Å². The van der Waals surface area contributed by atoms with E-state index in [9.17, 15) is 0 Å². The second-order valence-electron chi connectivity index (χ2n) is 4.18. The van der Waals surface area contributed by atoms with Crippen molar-refractivity contribution >= 4 is 11.6 Å². The molecular weight excluding hydrogens is 202 g/mol. The second kappa shape index (κ2) is 6.27. The monoisotopic (exact) mass is 223 g/mol. The van der Waals surface area contributed by atoms with Gasteiger partial charge in [0.15, 0.2) is 0 Å². The lowest BCUT2D eigenvalue weighted by molar-refractivity contribution is 0.686. The number of hydrogen-bond donors (Lipinski definition) is 3. The van der Waals surface area contributed by atoms with Gasteiger partial charge in [0, 0.05) is 25.7 Å². The van der Waals surface area contributed by atoms with Gasteiger partial charge in [0.05, 0.1) is 0 Å². The van der Waals surface area contributed by atoms with Crippen LogP contribution in [0.15, 0.2) is 6.07 Å². The van der Waals surface area contributed by atoms with Crippen LogP contribution in [0.4, 0.5) is 11.6 Å². The van der Waals surface area contributed by atoms with Gasteiger partial charge in [-0.05, 0) is 12.8 Å². The van der Waals surface area contributed by atoms with E-state index in [1.807, 2.05) is 13.0 Å². The topological polar surface area (TPSA) is 75.9 Å². The van der Waals surface area contributed by atoms with Gasteiger partial charge >= 0.3 is 0 Å². The minimum absolute atomic E-state index is 0.593. The number of nitrogens with one attached hydrogen (secondary N) is 2. The first kappa shape index (κ1) is 12.7. The van der Waals surface area contributed by atoms with Gasteiger partial charge in [0.25, 0.3) is 0 Å². The molecule has 1 heterocycles. The molecule has 0 saturated heterocycles. The number of anilines is 2. The summed E-state index contributed by atoms with van der Waals surface area (Å²) in [4.78, 5) is 8.60. The average Bonchev–Trinajstić information content (AvgIpc) is 2.23. The molecule has 0 bridgehead atoms. The molecule has 16 heavy (non-hydrogen) atoms. The van der Waals surface area contributed by atoms with Gasteiger partial charge in [0.2, 0.25) is 0 Å². The third-order valence-corrected chi connectivity index (χ3v) is 1.98. The minimum Gasteiger partial charge on any atom is -0.370 e. The average molecular weight is 223 g/mol. The Bertz CT molecular complexity index is 324. The first-order valence-electron chi connectivity index (χ1n) is 5.65. The van der Waals surface area contributed by atoms with Gasteiger partial charge < -0.3 is 16.4 Å². The molecule has 0 aromatic carbocycles. The van der Waals surface area contributed by atoms with E-state index < -0.39 is 0 Å². The van der Waals surface area contributed by atoms with E-state index in [0.29, 0.717) is 12.5 Å². The first-order valence-corrected chi connectivity index (χ1v) is 5.65. The fraction of sp³-hybridized carbons (Fsp3) is 0.636. The van der Waals surface area contributed by atoms with Crippen LogP contribution in [0, 0.1) is 12.8 Å². The Kier molecular flexibility index (Phi) is 4.98. The molecule has 0 radical (unpaired) electrons. The molecular formula is C11H21N5. The van der Waals surface area contributed by atoms with Crippen molar-refractivity contribution in [2.45, 2.75) is 20.8 Å². The predicted molar refractivity (Wildman–Crippen MR) is 67.6 cm³/mol. The van der Waals surface area contributed by atoms with Crippen molar-refractivity contribution in [1.82, 2.24) is 9.97 Å². The maximum absolute atomic E-state index is 5.43. The van der Waals surface area contributed by atoms with Gasteiger partial charge in [-0.15, -0.1) is 0 Å². The summed E-state index contributed by atoms with van der Waals surface area (Å²) in [5, 5.41) is 6.43. The number of nitrogens with zero attached hydrogens (tertiary/aromatic N) is 2. The number of aromatic nitrogens is 2. The molecule has 1 aromatic heterocycles. The normalized spacial score (nSPS) is 10.6. The Balaban J connectivity index is 2.65. The molecule has 0 atom stereocenters. The van der Waals surface area contributed by atoms with E-state index in [-0.39, 0.29) is 0 Å². The highest BCUT2D eigenvalue weighted by Crippen LogP contribution is 2.11. The molecule has 90 valence electrons. The zero-order valence-corrected chi connectivity index (χ0v) is 10.2. The zero-order valence-electron chi connectivity index (χ0n) is 10.2. The van der Waals surface area contributed by atoms with Crippen LogP contribution in [0.25, 0.3) is 0 Å². The molecule has 0 aliphatic rings. The van der Waals surface area contributed by atoms with Crippen molar-refractivity contribution in [3.8, 4) is 0 Å². The van der Waals surface area contributed by atoms with E-state index in [2.05, 4.69) is 34.4 Å². The van der Waals surface area contributed by atoms with Gasteiger partial charge in [-0.3, -0.25) is 0 Å². The number of nitrogens with two attached hydrogens (primary N) is 1. The van der Waals surface area contributed by atoms with Crippen molar-refractivity contribution in [2.24, 2.45) is 11.7 Å². The first-order chi connectivity index (χ1) is 7.61. The van der Waals surface area contributed by atoms with Gasteiger partial charge in [-0.2, -0.15) is 0 Å². The molecule has 5 nitrogen and oxygen atoms in total. The molecule has 1 aromatic rings. The lowest BCUT2D eigenvalue weighted by Gasteiger charge is -2.11. The lowest BCUT2D eigenvalue weighted by atomic mass is 10.2. The van der Waals surface area contributed by atoms with E-state index >= 15 is 0 Å². The van der Waals surface area contributed by atoms with Gasteiger partial charge in [-0.25, -0.2) is 9.97 Å². The minimum atomic E-state index is 0.593. The highest BCUT2D eigenvalue weighted by atomic mass is 15.1. The van der Waals surface area contributed by atoms with E-state index in [1.165, 1.54) is 0 Å². The van der Waals surface area contributed by atoms with Crippen molar-refractivity contribution in [2.75, 3.05) is 30.3 Å². The molecule has 0 amide bonds. The number of hydrogen-bond acceptors (Lipinski definition) is 5. The standard InChI is InChI=1S/C11H21N5/c1-8(2)7-14-11-6-10(13-5-4-12)15-9(3)16-11/h6,8H,4-5,7,12H2,1-3H3,(H2,13,14,15,16). The molecule has 0 fully saturated rings. The predicted octanol–water partition coefficient (Wildman–Crippen LogP) is 1.22. The van der Waals surface area contributed by atoms with Crippen molar-refractivity contribution in [3.05, 3.63) is 11.9 Å². The Morgan fingerprint density at radius 2 is 1.88 bits per heavy atom. The summed E-state index contributed by atoms with van der Waals surface area (Å²) >= 11 is 0. The maximum atomic E-state index is 5.43. The molecule has 0 spiro atoms. The van der Waals surface area contributed by atoms with E-state index in [4.69, 9.17) is 5.73 Å². The molecule has 1 rings (SSSR count). The highest BCUT2D eigenvalue weighted by Gasteiger charge is 2.01. The summed E-state index contributed by atoms with van der Waals surface area (Å²) in [5.74, 6) is 3.04. The number of rotatable bonds is 6. The van der Waals surface area contributed by atoms with Crippen LogP contribution in [-0.2, 0) is 0 Å². The van der Waals surface area contributed by atoms with Crippen molar-refractivity contribution < 1.29 is 0 Å². The smallest absolute Gasteiger partial charge is 0.131 e. The SMILES string of the molecule is Cc1nc(NCCN)cc(NCC(C)C)n1. The zero-order chi connectivity index (χ0) is 12.0. The van der Waals surface area contributed by atoms with Crippen LogP contribution in [0.5, 0.6) is 0 Å². The third kappa shape index (κ3) is 4.44. The molecule has 0 aliphatic carbocycles. The van der Waals surface area contributed by atoms with Crippen LogP contribution in [0.2, 0.25) is 0 Å². The van der Waals surface area contributed by atoms with Crippen LogP contribution in [-0.4, -0.2) is 29.6 Å². The molecule has 0 saturated carbocycles. The quantitative estimate of drug-likeness (QED) is 0.676. The Morgan fingerprint density at radius 1 is 1.25 bits per heavy atom. The molecule has 5 heteroatoms. The summed E-state index contributed by atoms with van der Waals surface area (Å²) in [6, 6.07) is 1.91. The number of aryl methyl sites for hydroxylation is 1. The van der Waals surface area contributed by atoms with Gasteiger partial charge in [-0.1, -0.05) is 13.8 Å². The summed E-state index contributed by atoms with van der Waals surface area (Å²) in [6.07, 6.45) is 0. The van der Waals surface area contributed by atoms with Crippen molar-refractivity contribution in [3.63, 3.8) is 0 Å². The highest BCUT2D eigenvalue weighted by molar-refractivity contribution is 5.47. The molecule has 0 unspecified atom stereocenters. The second-order valence-corrected chi connectivity index (χ2v) is 4.18. The Labute approximate surface area is 96.9 Å². The summed E-state index contributed by atoms with van der Waals surface area (Å²) < 4.78 is 0. The van der Waals surface area contributed by atoms with Crippen molar-refractivity contribution in [1.29, 1.82) is 0 Å². The van der Waals surface area contributed by atoms with E-state index in [1.54, 1.807) is 0 Å². The summed E-state index contributed by atoms with van der Waals surface area (Å²) in [7, 11) is 0. The fourth-order valence-electron chi connectivity index (χ4n) is 1.26. The van der Waals surface area contributed by atoms with Gasteiger partial charge in [0.1, 0.15) is 17.5 Å². The van der Waals surface area contributed by atoms with Crippen LogP contribution in [0.3, 0.4) is 0 Å². The van der Waals surface area contributed by atoms with E-state index in [0.717, 1.165) is 30.5 Å². The van der Waals surface area contributed by atoms with Crippen LogP contribution >= 0.6 is 0 Å². The third-order valence-electron chi connectivity index (χ3n) is 1.98. The van der Waals surface area contributed by atoms with Crippen LogP contribution < -0.4 is 16.4 Å². The fourth-order valence-corrected chi connectivity index (χ4v) is 1.26. The summed E-state index contributed by atoms with van der Waals surface area (Å²) in [6.45, 7) is 8.43.